The molecule has 0 aromatic heterocycles. The molecule has 0 radical (unpaired) electrons. The highest BCUT2D eigenvalue weighted by molar-refractivity contribution is 5.98. The molecule has 5 nitrogen and oxygen atoms in total. The number of esters is 1. The molecule has 3 rings (SSSR count). The molecule has 5 heteroatoms. The summed E-state index contributed by atoms with van der Waals surface area (Å²) in [5.41, 5.74) is 0.573. The fourth-order valence-electron chi connectivity index (χ4n) is 4.05. The first kappa shape index (κ1) is 16.7. The van der Waals surface area contributed by atoms with Crippen molar-refractivity contribution in [1.82, 2.24) is 0 Å². The summed E-state index contributed by atoms with van der Waals surface area (Å²) in [5.74, 6) is -1.13. The van der Waals surface area contributed by atoms with Crippen molar-refractivity contribution >= 4 is 17.7 Å². The van der Waals surface area contributed by atoms with Gasteiger partial charge >= 0.3 is 11.9 Å². The number of aryl methyl sites for hydroxylation is 1. The predicted octanol–water partition coefficient (Wildman–Crippen LogP) is 3.15. The summed E-state index contributed by atoms with van der Waals surface area (Å²) in [6.07, 6.45) is 5.71. The van der Waals surface area contributed by atoms with Gasteiger partial charge in [0.1, 0.15) is 17.8 Å². The van der Waals surface area contributed by atoms with E-state index in [4.69, 9.17) is 9.84 Å². The van der Waals surface area contributed by atoms with E-state index in [1.165, 1.54) is 0 Å². The molecule has 1 heterocycles. The zero-order chi connectivity index (χ0) is 17.2. The third kappa shape index (κ3) is 3.50. The van der Waals surface area contributed by atoms with Gasteiger partial charge in [-0.3, -0.25) is 9.59 Å². The van der Waals surface area contributed by atoms with E-state index in [1.54, 1.807) is 24.3 Å². The van der Waals surface area contributed by atoms with Crippen molar-refractivity contribution in [3.8, 4) is 0 Å². The van der Waals surface area contributed by atoms with Crippen LogP contribution in [0.5, 0.6) is 0 Å². The van der Waals surface area contributed by atoms with Crippen LogP contribution in [0, 0.1) is 5.92 Å². The average Bonchev–Trinajstić information content (AvgIpc) is 3.07. The van der Waals surface area contributed by atoms with Crippen molar-refractivity contribution in [2.45, 2.75) is 57.0 Å². The van der Waals surface area contributed by atoms with E-state index in [1.807, 2.05) is 0 Å². The number of Topliss-reactive ketones (excluding diaryl/α,β-unsaturated/α-hetero) is 1. The predicted molar refractivity (Wildman–Crippen MR) is 86.7 cm³/mol. The van der Waals surface area contributed by atoms with Crippen LogP contribution in [0.2, 0.25) is 0 Å². The highest BCUT2D eigenvalue weighted by atomic mass is 16.6. The minimum atomic E-state index is -0.948. The normalized spacial score (nSPS) is 24.8. The van der Waals surface area contributed by atoms with Crippen LogP contribution in [0.3, 0.4) is 0 Å². The lowest BCUT2D eigenvalue weighted by atomic mass is 9.76. The minimum Gasteiger partial charge on any atom is -0.478 e. The first-order valence-electron chi connectivity index (χ1n) is 8.54. The van der Waals surface area contributed by atoms with E-state index in [9.17, 15) is 14.4 Å². The maximum absolute atomic E-state index is 12.0. The quantitative estimate of drug-likeness (QED) is 0.662. The summed E-state index contributed by atoms with van der Waals surface area (Å²) in [6.45, 7) is 0. The SMILES string of the molecule is O=C1CC(=O)OC(CCc2ccc(C(=O)O)cc2)(C2CCCC2)C1. The maximum Gasteiger partial charge on any atom is 0.335 e. The number of carboxylic acids is 1. The molecule has 1 atom stereocenters. The second kappa shape index (κ2) is 6.75. The van der Waals surface area contributed by atoms with Crippen LogP contribution in [0.15, 0.2) is 24.3 Å². The Kier molecular flexibility index (Phi) is 4.69. The van der Waals surface area contributed by atoms with Crippen molar-refractivity contribution in [2.24, 2.45) is 5.92 Å². The molecule has 1 N–H and O–H groups in total. The van der Waals surface area contributed by atoms with Gasteiger partial charge in [0.2, 0.25) is 0 Å². The number of carbonyl (C=O) groups excluding carboxylic acids is 2. The topological polar surface area (TPSA) is 80.7 Å². The van der Waals surface area contributed by atoms with E-state index in [0.29, 0.717) is 19.3 Å². The highest BCUT2D eigenvalue weighted by Gasteiger charge is 2.47. The Labute approximate surface area is 141 Å². The van der Waals surface area contributed by atoms with Gasteiger partial charge in [0.15, 0.2) is 0 Å². The number of aromatic carboxylic acids is 1. The summed E-state index contributed by atoms with van der Waals surface area (Å²) >= 11 is 0. The molecule has 1 saturated carbocycles. The zero-order valence-electron chi connectivity index (χ0n) is 13.6. The largest absolute Gasteiger partial charge is 0.478 e. The van der Waals surface area contributed by atoms with Gasteiger partial charge in [-0.15, -0.1) is 0 Å². The summed E-state index contributed by atoms with van der Waals surface area (Å²) < 4.78 is 5.76. The van der Waals surface area contributed by atoms with Gasteiger partial charge in [-0.25, -0.2) is 4.79 Å². The van der Waals surface area contributed by atoms with E-state index >= 15 is 0 Å². The fraction of sp³-hybridized carbons (Fsp3) is 0.526. The van der Waals surface area contributed by atoms with Crippen LogP contribution in [0.1, 0.15) is 60.9 Å². The number of benzene rings is 1. The van der Waals surface area contributed by atoms with E-state index in [0.717, 1.165) is 31.2 Å². The zero-order valence-corrected chi connectivity index (χ0v) is 13.6. The van der Waals surface area contributed by atoms with Crippen molar-refractivity contribution in [3.05, 3.63) is 35.4 Å². The van der Waals surface area contributed by atoms with E-state index < -0.39 is 17.5 Å². The molecule has 0 amide bonds. The van der Waals surface area contributed by atoms with Gasteiger partial charge in [0, 0.05) is 6.42 Å². The number of rotatable bonds is 5. The van der Waals surface area contributed by atoms with Crippen LogP contribution in [-0.2, 0) is 20.7 Å². The average molecular weight is 330 g/mol. The third-order valence-corrected chi connectivity index (χ3v) is 5.29. The lowest BCUT2D eigenvalue weighted by Crippen LogP contribution is -2.48. The fourth-order valence-corrected chi connectivity index (χ4v) is 4.05. The standard InChI is InChI=1S/C19H22O5/c20-16-11-17(21)24-19(12-16,15-3-1-2-4-15)10-9-13-5-7-14(8-6-13)18(22)23/h5-8,15H,1-4,9-12H2,(H,22,23). The Bertz CT molecular complexity index is 624. The Hall–Kier alpha value is -2.17. The summed E-state index contributed by atoms with van der Waals surface area (Å²) in [6, 6.07) is 6.74. The van der Waals surface area contributed by atoms with Gasteiger partial charge in [0.25, 0.3) is 0 Å². The third-order valence-electron chi connectivity index (χ3n) is 5.29. The molecule has 1 aliphatic carbocycles. The van der Waals surface area contributed by atoms with Gasteiger partial charge in [0.05, 0.1) is 5.56 Å². The van der Waals surface area contributed by atoms with Crippen molar-refractivity contribution in [2.75, 3.05) is 0 Å². The molecule has 2 aliphatic rings. The molecular formula is C19H22O5. The first-order valence-corrected chi connectivity index (χ1v) is 8.54. The number of ketones is 1. The molecule has 1 unspecified atom stereocenters. The molecule has 128 valence electrons. The van der Waals surface area contributed by atoms with Crippen LogP contribution >= 0.6 is 0 Å². The lowest BCUT2D eigenvalue weighted by molar-refractivity contribution is -0.178. The molecule has 24 heavy (non-hydrogen) atoms. The highest BCUT2D eigenvalue weighted by Crippen LogP contribution is 2.43. The Morgan fingerprint density at radius 1 is 1.17 bits per heavy atom. The molecule has 1 aromatic carbocycles. The van der Waals surface area contributed by atoms with Crippen LogP contribution in [0.25, 0.3) is 0 Å². The molecule has 2 fully saturated rings. The van der Waals surface area contributed by atoms with Gasteiger partial charge < -0.3 is 9.84 Å². The van der Waals surface area contributed by atoms with Crippen LogP contribution in [0.4, 0.5) is 0 Å². The van der Waals surface area contributed by atoms with Crippen molar-refractivity contribution in [3.63, 3.8) is 0 Å². The summed E-state index contributed by atoms with van der Waals surface area (Å²) in [5, 5.41) is 8.96. The Morgan fingerprint density at radius 2 is 1.83 bits per heavy atom. The molecule has 1 aromatic rings. The smallest absolute Gasteiger partial charge is 0.335 e. The molecular weight excluding hydrogens is 308 g/mol. The number of ether oxygens (including phenoxy) is 1. The lowest BCUT2D eigenvalue weighted by Gasteiger charge is -2.41. The summed E-state index contributed by atoms with van der Waals surface area (Å²) in [7, 11) is 0. The van der Waals surface area contributed by atoms with Crippen LogP contribution in [-0.4, -0.2) is 28.4 Å². The monoisotopic (exact) mass is 330 g/mol. The van der Waals surface area contributed by atoms with E-state index in [2.05, 4.69) is 0 Å². The first-order chi connectivity index (χ1) is 11.5. The molecule has 1 saturated heterocycles. The number of cyclic esters (lactones) is 1. The maximum atomic E-state index is 12.0. The molecule has 0 spiro atoms. The Morgan fingerprint density at radius 3 is 2.42 bits per heavy atom. The number of hydrogen-bond acceptors (Lipinski definition) is 4. The molecule has 0 bridgehead atoms. The summed E-state index contributed by atoms with van der Waals surface area (Å²) in [4.78, 5) is 34.8. The van der Waals surface area contributed by atoms with Crippen molar-refractivity contribution < 1.29 is 24.2 Å². The number of hydrogen-bond donors (Lipinski definition) is 1. The second-order valence-corrected chi connectivity index (χ2v) is 6.91. The molecule has 1 aliphatic heterocycles. The van der Waals surface area contributed by atoms with Gasteiger partial charge in [-0.05, 0) is 49.3 Å². The number of carboxylic acid groups (broad SMARTS) is 1. The Balaban J connectivity index is 1.75. The van der Waals surface area contributed by atoms with Gasteiger partial charge in [-0.1, -0.05) is 25.0 Å². The van der Waals surface area contributed by atoms with E-state index in [-0.39, 0.29) is 23.7 Å². The second-order valence-electron chi connectivity index (χ2n) is 6.91. The van der Waals surface area contributed by atoms with Crippen molar-refractivity contribution in [1.29, 1.82) is 0 Å². The number of carbonyl (C=O) groups is 3. The van der Waals surface area contributed by atoms with Gasteiger partial charge in [-0.2, -0.15) is 0 Å². The van der Waals surface area contributed by atoms with Crippen LogP contribution < -0.4 is 0 Å². The minimum absolute atomic E-state index is 0.0284.